The van der Waals surface area contributed by atoms with Gasteiger partial charge in [-0.05, 0) is 47.5 Å². The standard InChI is InChI=1S/C26H26Cl2N2O4/c1-29-26(32)24(14-18-6-4-3-5-7-18)30(16-19-8-9-20(27)15-23(19)28)25(31)17-34-22-12-10-21(33-2)11-13-22/h3-13,15,24H,14,16-17H2,1-2H3,(H,29,32)/t24-/m0/s1. The predicted octanol–water partition coefficient (Wildman–Crippen LogP) is 4.77. The van der Waals surface area contributed by atoms with Crippen LogP contribution in [0.25, 0.3) is 0 Å². The Kier molecular flexibility index (Phi) is 9.19. The molecule has 0 bridgehead atoms. The summed E-state index contributed by atoms with van der Waals surface area (Å²) in [7, 11) is 3.12. The van der Waals surface area contributed by atoms with Crippen molar-refractivity contribution in [2.45, 2.75) is 19.0 Å². The van der Waals surface area contributed by atoms with Gasteiger partial charge in [0.15, 0.2) is 6.61 Å². The molecule has 178 valence electrons. The first kappa shape index (κ1) is 25.4. The van der Waals surface area contributed by atoms with Crippen LogP contribution >= 0.6 is 23.2 Å². The van der Waals surface area contributed by atoms with Crippen molar-refractivity contribution in [2.24, 2.45) is 0 Å². The molecule has 0 aliphatic rings. The van der Waals surface area contributed by atoms with Gasteiger partial charge in [0, 0.05) is 30.1 Å². The number of carbonyl (C=O) groups excluding carboxylic acids is 2. The summed E-state index contributed by atoms with van der Waals surface area (Å²) in [6.45, 7) is -0.133. The fourth-order valence-electron chi connectivity index (χ4n) is 3.45. The second kappa shape index (κ2) is 12.3. The van der Waals surface area contributed by atoms with E-state index in [2.05, 4.69) is 5.32 Å². The number of nitrogens with zero attached hydrogens (tertiary/aromatic N) is 1. The van der Waals surface area contributed by atoms with Crippen LogP contribution in [0.4, 0.5) is 0 Å². The number of methoxy groups -OCH3 is 1. The Morgan fingerprint density at radius 1 is 0.971 bits per heavy atom. The minimum absolute atomic E-state index is 0.117. The molecule has 34 heavy (non-hydrogen) atoms. The maximum atomic E-state index is 13.4. The smallest absolute Gasteiger partial charge is 0.261 e. The zero-order chi connectivity index (χ0) is 24.5. The van der Waals surface area contributed by atoms with Gasteiger partial charge in [-0.1, -0.05) is 59.6 Å². The van der Waals surface area contributed by atoms with E-state index in [-0.39, 0.29) is 25.0 Å². The third-order valence-electron chi connectivity index (χ3n) is 5.30. The molecule has 3 aromatic rings. The van der Waals surface area contributed by atoms with E-state index >= 15 is 0 Å². The van der Waals surface area contributed by atoms with E-state index in [0.717, 1.165) is 5.56 Å². The van der Waals surface area contributed by atoms with Crippen molar-refractivity contribution in [3.63, 3.8) is 0 Å². The summed E-state index contributed by atoms with van der Waals surface area (Å²) in [6, 6.07) is 20.7. The Morgan fingerprint density at radius 3 is 2.26 bits per heavy atom. The summed E-state index contributed by atoms with van der Waals surface area (Å²) < 4.78 is 10.9. The zero-order valence-corrected chi connectivity index (χ0v) is 20.5. The van der Waals surface area contributed by atoms with E-state index in [9.17, 15) is 9.59 Å². The molecule has 3 aromatic carbocycles. The Bertz CT molecular complexity index is 1110. The van der Waals surface area contributed by atoms with E-state index in [4.69, 9.17) is 32.7 Å². The van der Waals surface area contributed by atoms with Gasteiger partial charge < -0.3 is 19.7 Å². The maximum Gasteiger partial charge on any atom is 0.261 e. The second-order valence-electron chi connectivity index (χ2n) is 7.54. The highest BCUT2D eigenvalue weighted by molar-refractivity contribution is 6.35. The first-order chi connectivity index (χ1) is 16.4. The van der Waals surface area contributed by atoms with Gasteiger partial charge in [0.2, 0.25) is 5.91 Å². The number of benzene rings is 3. The lowest BCUT2D eigenvalue weighted by Crippen LogP contribution is -2.51. The van der Waals surface area contributed by atoms with E-state index in [0.29, 0.717) is 33.5 Å². The van der Waals surface area contributed by atoms with Crippen molar-refractivity contribution in [3.8, 4) is 11.5 Å². The Hall–Kier alpha value is -3.22. The second-order valence-corrected chi connectivity index (χ2v) is 8.38. The highest BCUT2D eigenvalue weighted by Gasteiger charge is 2.30. The molecule has 1 N–H and O–H groups in total. The summed E-state index contributed by atoms with van der Waals surface area (Å²) >= 11 is 12.4. The van der Waals surface area contributed by atoms with E-state index in [1.54, 1.807) is 56.6 Å². The summed E-state index contributed by atoms with van der Waals surface area (Å²) in [4.78, 5) is 27.8. The average molecular weight is 501 g/mol. The van der Waals surface area contributed by atoms with Crippen LogP contribution < -0.4 is 14.8 Å². The highest BCUT2D eigenvalue weighted by Crippen LogP contribution is 2.24. The van der Waals surface area contributed by atoms with Crippen LogP contribution in [0.2, 0.25) is 10.0 Å². The van der Waals surface area contributed by atoms with Gasteiger partial charge in [-0.3, -0.25) is 9.59 Å². The number of rotatable bonds is 10. The topological polar surface area (TPSA) is 67.9 Å². The molecular weight excluding hydrogens is 475 g/mol. The fraction of sp³-hybridized carbons (Fsp3) is 0.231. The lowest BCUT2D eigenvalue weighted by atomic mass is 10.0. The van der Waals surface area contributed by atoms with Gasteiger partial charge in [0.05, 0.1) is 7.11 Å². The Morgan fingerprint density at radius 2 is 1.65 bits per heavy atom. The van der Waals surface area contributed by atoms with Crippen molar-refractivity contribution in [1.82, 2.24) is 10.2 Å². The predicted molar refractivity (Wildman–Crippen MR) is 134 cm³/mol. The number of nitrogens with one attached hydrogen (secondary N) is 1. The molecule has 1 atom stereocenters. The number of amides is 2. The first-order valence-electron chi connectivity index (χ1n) is 10.7. The number of hydrogen-bond acceptors (Lipinski definition) is 4. The van der Waals surface area contributed by atoms with Gasteiger partial charge in [-0.2, -0.15) is 0 Å². The molecule has 0 aliphatic heterocycles. The minimum atomic E-state index is -0.772. The number of carbonyl (C=O) groups is 2. The molecular formula is C26H26Cl2N2O4. The van der Waals surface area contributed by atoms with E-state index in [1.807, 2.05) is 30.3 Å². The van der Waals surface area contributed by atoms with Crippen LogP contribution in [0.15, 0.2) is 72.8 Å². The van der Waals surface area contributed by atoms with Crippen LogP contribution in [0.5, 0.6) is 11.5 Å². The fourth-order valence-corrected chi connectivity index (χ4v) is 3.92. The molecule has 0 fully saturated rings. The number of likely N-dealkylation sites (N-methyl/N-ethyl adjacent to an activating group) is 1. The van der Waals surface area contributed by atoms with Crippen LogP contribution in [0, 0.1) is 0 Å². The lowest BCUT2D eigenvalue weighted by molar-refractivity contribution is -0.142. The Balaban J connectivity index is 1.88. The third-order valence-corrected chi connectivity index (χ3v) is 5.88. The molecule has 8 heteroatoms. The normalized spacial score (nSPS) is 11.4. The van der Waals surface area contributed by atoms with E-state index in [1.165, 1.54) is 4.90 Å². The zero-order valence-electron chi connectivity index (χ0n) is 19.0. The SMILES string of the molecule is CNC(=O)[C@H](Cc1ccccc1)N(Cc1ccc(Cl)cc1Cl)C(=O)COc1ccc(OC)cc1. The number of halogens is 2. The molecule has 0 radical (unpaired) electrons. The van der Waals surface area contributed by atoms with Crippen molar-refractivity contribution in [1.29, 1.82) is 0 Å². The molecule has 6 nitrogen and oxygen atoms in total. The quantitative estimate of drug-likeness (QED) is 0.435. The molecule has 0 saturated carbocycles. The van der Waals surface area contributed by atoms with Crippen LogP contribution in [0.1, 0.15) is 11.1 Å². The molecule has 0 aliphatic carbocycles. The summed E-state index contributed by atoms with van der Waals surface area (Å²) in [6.07, 6.45) is 0.333. The van der Waals surface area contributed by atoms with Crippen LogP contribution in [-0.4, -0.2) is 43.5 Å². The largest absolute Gasteiger partial charge is 0.497 e. The molecule has 0 spiro atoms. The van der Waals surface area contributed by atoms with E-state index < -0.39 is 6.04 Å². The van der Waals surface area contributed by atoms with Crippen LogP contribution in [-0.2, 0) is 22.6 Å². The lowest BCUT2D eigenvalue weighted by Gasteiger charge is -2.31. The van der Waals surface area contributed by atoms with Crippen molar-refractivity contribution in [2.75, 3.05) is 20.8 Å². The van der Waals surface area contributed by atoms with Gasteiger partial charge in [-0.25, -0.2) is 0 Å². The summed E-state index contributed by atoms with van der Waals surface area (Å²) in [5.74, 6) is 0.552. The molecule has 0 aromatic heterocycles. The molecule has 0 unspecified atom stereocenters. The number of ether oxygens (including phenoxy) is 2. The maximum absolute atomic E-state index is 13.4. The summed E-state index contributed by atoms with van der Waals surface area (Å²) in [5.41, 5.74) is 1.60. The summed E-state index contributed by atoms with van der Waals surface area (Å²) in [5, 5.41) is 3.58. The van der Waals surface area contributed by atoms with Crippen molar-refractivity contribution >= 4 is 35.0 Å². The highest BCUT2D eigenvalue weighted by atomic mass is 35.5. The van der Waals surface area contributed by atoms with Gasteiger partial charge in [0.1, 0.15) is 17.5 Å². The van der Waals surface area contributed by atoms with Crippen molar-refractivity contribution < 1.29 is 19.1 Å². The molecule has 2 amide bonds. The monoisotopic (exact) mass is 500 g/mol. The molecule has 0 saturated heterocycles. The minimum Gasteiger partial charge on any atom is -0.497 e. The van der Waals surface area contributed by atoms with Crippen LogP contribution in [0.3, 0.4) is 0 Å². The van der Waals surface area contributed by atoms with Gasteiger partial charge in [-0.15, -0.1) is 0 Å². The first-order valence-corrected chi connectivity index (χ1v) is 11.4. The number of hydrogen-bond donors (Lipinski definition) is 1. The van der Waals surface area contributed by atoms with Gasteiger partial charge in [0.25, 0.3) is 5.91 Å². The Labute approximate surface area is 209 Å². The average Bonchev–Trinajstić information content (AvgIpc) is 2.86. The molecule has 0 heterocycles. The third kappa shape index (κ3) is 6.89. The van der Waals surface area contributed by atoms with Crippen molar-refractivity contribution in [3.05, 3.63) is 94.0 Å². The van der Waals surface area contributed by atoms with Gasteiger partial charge >= 0.3 is 0 Å². The molecule has 3 rings (SSSR count).